The van der Waals surface area contributed by atoms with E-state index in [4.69, 9.17) is 25.5 Å². The number of hydrogen-bond donors (Lipinski definition) is 5. The normalized spacial score (nSPS) is 18.1. The van der Waals surface area contributed by atoms with Gasteiger partial charge in [-0.15, -0.1) is 0 Å². The first-order valence-corrected chi connectivity index (χ1v) is 3.33. The SMILES string of the molecule is O=C[C@H](O)[C@@H](O)[C@H](O)[C@H](O)CO.[Ca+2].[O-2]. The Morgan fingerprint density at radius 3 is 1.79 bits per heavy atom. The minimum absolute atomic E-state index is 0. The first-order chi connectivity index (χ1) is 5.54. The molecule has 0 heterocycles. The number of aliphatic hydroxyl groups excluding tert-OH is 5. The van der Waals surface area contributed by atoms with Gasteiger partial charge in [0.15, 0.2) is 6.29 Å². The van der Waals surface area contributed by atoms with E-state index in [-0.39, 0.29) is 49.5 Å². The molecule has 0 aromatic heterocycles. The van der Waals surface area contributed by atoms with E-state index in [0.717, 1.165) is 0 Å². The average Bonchev–Trinajstić information content (AvgIpc) is 2.12. The zero-order chi connectivity index (χ0) is 9.72. The van der Waals surface area contributed by atoms with Gasteiger partial charge in [0.2, 0.25) is 0 Å². The fourth-order valence-corrected chi connectivity index (χ4v) is 0.618. The van der Waals surface area contributed by atoms with Crippen LogP contribution in [0, 0.1) is 0 Å². The van der Waals surface area contributed by atoms with E-state index >= 15 is 0 Å². The van der Waals surface area contributed by atoms with E-state index in [1.807, 2.05) is 0 Å². The Morgan fingerprint density at radius 2 is 1.50 bits per heavy atom. The Hall–Kier alpha value is 0.690. The zero-order valence-electron chi connectivity index (χ0n) is 7.35. The van der Waals surface area contributed by atoms with Gasteiger partial charge in [0.25, 0.3) is 0 Å². The van der Waals surface area contributed by atoms with Crippen molar-refractivity contribution in [2.24, 2.45) is 0 Å². The summed E-state index contributed by atoms with van der Waals surface area (Å²) in [6.45, 7) is -0.760. The van der Waals surface area contributed by atoms with E-state index in [1.54, 1.807) is 0 Å². The topological polar surface area (TPSA) is 147 Å². The Balaban J connectivity index is -0.000000605. The summed E-state index contributed by atoms with van der Waals surface area (Å²) in [7, 11) is 0. The molecule has 7 nitrogen and oxygen atoms in total. The van der Waals surface area contributed by atoms with Crippen molar-refractivity contribution in [3.8, 4) is 0 Å². The van der Waals surface area contributed by atoms with E-state index in [9.17, 15) is 4.79 Å². The Labute approximate surface area is 110 Å². The molecule has 5 N–H and O–H groups in total. The molecule has 0 bridgehead atoms. The second kappa shape index (κ2) is 10.2. The van der Waals surface area contributed by atoms with Crippen LogP contribution in [-0.2, 0) is 10.3 Å². The predicted octanol–water partition coefficient (Wildman–Crippen LogP) is -3.88. The smallest absolute Gasteiger partial charge is 2.00 e. The number of carbonyl (C=O) groups excluding carboxylic acids is 1. The van der Waals surface area contributed by atoms with Gasteiger partial charge in [-0.2, -0.15) is 0 Å². The minimum atomic E-state index is -1.79. The summed E-state index contributed by atoms with van der Waals surface area (Å²) in [5, 5.41) is 43.5. The van der Waals surface area contributed by atoms with Gasteiger partial charge in [-0.3, -0.25) is 0 Å². The van der Waals surface area contributed by atoms with Crippen molar-refractivity contribution in [3.05, 3.63) is 0 Å². The summed E-state index contributed by atoms with van der Waals surface area (Å²) >= 11 is 0. The molecule has 0 fully saturated rings. The molecule has 0 aliphatic heterocycles. The van der Waals surface area contributed by atoms with Crippen LogP contribution in [0.2, 0.25) is 0 Å². The van der Waals surface area contributed by atoms with E-state index < -0.39 is 31.0 Å². The van der Waals surface area contributed by atoms with Crippen LogP contribution in [0.1, 0.15) is 0 Å². The fourth-order valence-electron chi connectivity index (χ4n) is 0.618. The second-order valence-corrected chi connectivity index (χ2v) is 2.36. The molecule has 0 radical (unpaired) electrons. The minimum Gasteiger partial charge on any atom is -2.00 e. The van der Waals surface area contributed by atoms with Crippen molar-refractivity contribution in [2.75, 3.05) is 6.61 Å². The van der Waals surface area contributed by atoms with Crippen molar-refractivity contribution in [1.29, 1.82) is 0 Å². The maximum atomic E-state index is 9.90. The van der Waals surface area contributed by atoms with Crippen LogP contribution in [0.25, 0.3) is 0 Å². The van der Waals surface area contributed by atoms with Gasteiger partial charge in [-0.25, -0.2) is 0 Å². The number of aldehydes is 1. The van der Waals surface area contributed by atoms with Crippen LogP contribution < -0.4 is 0 Å². The molecule has 0 aliphatic carbocycles. The monoisotopic (exact) mass is 236 g/mol. The summed E-state index contributed by atoms with van der Waals surface area (Å²) in [5.41, 5.74) is 0. The van der Waals surface area contributed by atoms with Gasteiger partial charge in [-0.1, -0.05) is 0 Å². The van der Waals surface area contributed by atoms with Gasteiger partial charge in [0.1, 0.15) is 24.4 Å². The zero-order valence-corrected chi connectivity index (χ0v) is 9.56. The molecule has 8 heteroatoms. The van der Waals surface area contributed by atoms with Crippen LogP contribution in [0.3, 0.4) is 0 Å². The van der Waals surface area contributed by atoms with E-state index in [2.05, 4.69) is 0 Å². The molecule has 4 atom stereocenters. The number of aliphatic hydroxyl groups is 5. The van der Waals surface area contributed by atoms with Crippen molar-refractivity contribution in [3.63, 3.8) is 0 Å². The van der Waals surface area contributed by atoms with Gasteiger partial charge in [0, 0.05) is 0 Å². The molecular weight excluding hydrogens is 224 g/mol. The maximum absolute atomic E-state index is 9.90. The average molecular weight is 236 g/mol. The standard InChI is InChI=1S/C6H12O6.Ca.O/c7-1-3(9)5(11)6(12)4(10)2-8;;/h1,3-6,8-12H,2H2;;/q;+2;-2/t3-,4+,5+,6+;;/m0../s1. The molecule has 80 valence electrons. The fraction of sp³-hybridized carbons (Fsp3) is 0.833. The van der Waals surface area contributed by atoms with Crippen LogP contribution in [-0.4, -0.2) is 101 Å². The predicted molar refractivity (Wildman–Crippen MR) is 43.6 cm³/mol. The van der Waals surface area contributed by atoms with Crippen LogP contribution in [0.15, 0.2) is 0 Å². The van der Waals surface area contributed by atoms with Crippen molar-refractivity contribution < 1.29 is 35.8 Å². The first-order valence-electron chi connectivity index (χ1n) is 3.33. The second-order valence-electron chi connectivity index (χ2n) is 2.36. The Kier molecular flexibility index (Phi) is 14.7. The summed E-state index contributed by atoms with van der Waals surface area (Å²) in [4.78, 5) is 9.90. The molecule has 14 heavy (non-hydrogen) atoms. The maximum Gasteiger partial charge on any atom is 2.00 e. The summed E-state index contributed by atoms with van der Waals surface area (Å²) in [6.07, 6.45) is -6.84. The van der Waals surface area contributed by atoms with Crippen LogP contribution in [0.4, 0.5) is 0 Å². The number of carbonyl (C=O) groups is 1. The molecule has 0 spiro atoms. The third-order valence-corrected chi connectivity index (χ3v) is 1.42. The van der Waals surface area contributed by atoms with Gasteiger partial charge in [-0.05, 0) is 0 Å². The number of rotatable bonds is 5. The quantitative estimate of drug-likeness (QED) is 0.244. The third kappa shape index (κ3) is 6.23. The number of hydrogen-bond acceptors (Lipinski definition) is 6. The van der Waals surface area contributed by atoms with Gasteiger partial charge < -0.3 is 35.8 Å². The molecule has 0 unspecified atom stereocenters. The molecule has 0 saturated heterocycles. The van der Waals surface area contributed by atoms with Crippen LogP contribution >= 0.6 is 0 Å². The van der Waals surface area contributed by atoms with Gasteiger partial charge in [0.05, 0.1) is 6.61 Å². The van der Waals surface area contributed by atoms with Crippen LogP contribution in [0.5, 0.6) is 0 Å². The summed E-state index contributed by atoms with van der Waals surface area (Å²) in [5.74, 6) is 0. The summed E-state index contributed by atoms with van der Waals surface area (Å²) < 4.78 is 0. The molecule has 0 rings (SSSR count). The molecule has 0 aromatic rings. The molecule has 0 amide bonds. The van der Waals surface area contributed by atoms with Gasteiger partial charge >= 0.3 is 37.7 Å². The van der Waals surface area contributed by atoms with E-state index in [1.165, 1.54) is 0 Å². The van der Waals surface area contributed by atoms with E-state index in [0.29, 0.717) is 0 Å². The van der Waals surface area contributed by atoms with Crippen molar-refractivity contribution in [2.45, 2.75) is 24.4 Å². The molecular formula is C6H12CaO7. The molecule has 0 aromatic carbocycles. The first kappa shape index (κ1) is 20.1. The Bertz CT molecular complexity index is 144. The van der Waals surface area contributed by atoms with Crippen molar-refractivity contribution in [1.82, 2.24) is 0 Å². The molecule has 0 saturated carbocycles. The summed E-state index contributed by atoms with van der Waals surface area (Å²) in [6, 6.07) is 0. The third-order valence-electron chi connectivity index (χ3n) is 1.42. The molecule has 0 aliphatic rings. The van der Waals surface area contributed by atoms with Crippen molar-refractivity contribution >= 4 is 44.0 Å². The largest absolute Gasteiger partial charge is 2.00 e. The Morgan fingerprint density at radius 1 is 1.07 bits per heavy atom.